The van der Waals surface area contributed by atoms with E-state index < -0.39 is 5.91 Å². The fraction of sp³-hybridized carbons (Fsp3) is 0.158. The monoisotopic (exact) mass is 338 g/mol. The van der Waals surface area contributed by atoms with E-state index in [0.717, 1.165) is 0 Å². The zero-order chi connectivity index (χ0) is 17.8. The van der Waals surface area contributed by atoms with Crippen molar-refractivity contribution in [1.29, 1.82) is 0 Å². The van der Waals surface area contributed by atoms with Gasteiger partial charge in [-0.25, -0.2) is 0 Å². The van der Waals surface area contributed by atoms with Gasteiger partial charge in [0.15, 0.2) is 0 Å². The molecular weight excluding hydrogens is 320 g/mol. The molecule has 0 radical (unpaired) electrons. The predicted molar refractivity (Wildman–Crippen MR) is 96.2 cm³/mol. The lowest BCUT2D eigenvalue weighted by molar-refractivity contribution is 0.102. The predicted octanol–water partition coefficient (Wildman–Crippen LogP) is 2.16. The number of amides is 1. The van der Waals surface area contributed by atoms with E-state index in [2.05, 4.69) is 5.32 Å². The van der Waals surface area contributed by atoms with Crippen molar-refractivity contribution in [2.45, 2.75) is 0 Å². The number of ether oxygens (including phenoxy) is 1. The number of para-hydroxylation sites is 1. The quantitative estimate of drug-likeness (QED) is 0.747. The van der Waals surface area contributed by atoms with Gasteiger partial charge in [-0.1, -0.05) is 24.3 Å². The van der Waals surface area contributed by atoms with Gasteiger partial charge in [-0.2, -0.15) is 0 Å². The Morgan fingerprint density at radius 1 is 1.16 bits per heavy atom. The normalized spacial score (nSPS) is 10.6. The first-order chi connectivity index (χ1) is 12.1. The number of aliphatic hydroxyl groups excluding tert-OH is 1. The molecule has 1 aromatic heterocycles. The number of nitrogens with zero attached hydrogens (tertiary/aromatic N) is 1. The van der Waals surface area contributed by atoms with Crippen LogP contribution in [0.15, 0.2) is 59.4 Å². The van der Waals surface area contributed by atoms with E-state index in [4.69, 9.17) is 9.84 Å². The zero-order valence-corrected chi connectivity index (χ0v) is 13.7. The van der Waals surface area contributed by atoms with Gasteiger partial charge in [0.05, 0.1) is 12.1 Å². The number of benzene rings is 2. The molecule has 0 atom stereocenters. The van der Waals surface area contributed by atoms with E-state index in [9.17, 15) is 9.59 Å². The van der Waals surface area contributed by atoms with Gasteiger partial charge in [0.25, 0.3) is 11.5 Å². The van der Waals surface area contributed by atoms with Crippen LogP contribution in [0, 0.1) is 0 Å². The number of fused-ring (bicyclic) bond motifs is 1. The Hall–Kier alpha value is -3.12. The fourth-order valence-electron chi connectivity index (χ4n) is 2.63. The summed E-state index contributed by atoms with van der Waals surface area (Å²) in [5.41, 5.74) is 0.898. The molecule has 0 fully saturated rings. The molecule has 1 heterocycles. The fourth-order valence-corrected chi connectivity index (χ4v) is 2.63. The lowest BCUT2D eigenvalue weighted by Gasteiger charge is -2.13. The summed E-state index contributed by atoms with van der Waals surface area (Å²) in [5.74, 6) is 0.0292. The van der Waals surface area contributed by atoms with Crippen LogP contribution in [0.1, 0.15) is 10.4 Å². The molecule has 0 aliphatic carbocycles. The van der Waals surface area contributed by atoms with Gasteiger partial charge < -0.3 is 19.7 Å². The highest BCUT2D eigenvalue weighted by molar-refractivity contribution is 6.06. The lowest BCUT2D eigenvalue weighted by atomic mass is 10.1. The molecule has 2 aromatic carbocycles. The second-order valence-electron chi connectivity index (χ2n) is 5.50. The van der Waals surface area contributed by atoms with Crippen LogP contribution in [0.2, 0.25) is 0 Å². The number of pyridine rings is 1. The smallest absolute Gasteiger partial charge is 0.263 e. The number of aryl methyl sites for hydroxylation is 1. The average molecular weight is 338 g/mol. The van der Waals surface area contributed by atoms with Crippen LogP contribution in [0.3, 0.4) is 0 Å². The lowest BCUT2D eigenvalue weighted by Crippen LogP contribution is -2.28. The summed E-state index contributed by atoms with van der Waals surface area (Å²) in [6.07, 6.45) is 0. The number of carbonyl (C=O) groups is 1. The third-order valence-electron chi connectivity index (χ3n) is 3.85. The molecule has 0 aliphatic rings. The summed E-state index contributed by atoms with van der Waals surface area (Å²) in [6, 6.07) is 15.8. The van der Waals surface area contributed by atoms with Crippen molar-refractivity contribution in [2.75, 3.05) is 18.5 Å². The summed E-state index contributed by atoms with van der Waals surface area (Å²) in [5, 5.41) is 12.3. The molecule has 1 amide bonds. The number of hydrogen-bond donors (Lipinski definition) is 2. The van der Waals surface area contributed by atoms with Gasteiger partial charge >= 0.3 is 0 Å². The number of nitrogens with one attached hydrogen (secondary N) is 1. The van der Waals surface area contributed by atoms with Crippen molar-refractivity contribution in [3.8, 4) is 5.75 Å². The van der Waals surface area contributed by atoms with Crippen LogP contribution in [0.4, 0.5) is 5.69 Å². The van der Waals surface area contributed by atoms with E-state index in [1.165, 1.54) is 10.6 Å². The molecule has 0 spiro atoms. The van der Waals surface area contributed by atoms with Crippen molar-refractivity contribution in [2.24, 2.45) is 7.05 Å². The summed E-state index contributed by atoms with van der Waals surface area (Å²) in [6.45, 7) is 0.0109. The number of anilines is 1. The molecule has 0 saturated carbocycles. The van der Waals surface area contributed by atoms with Crippen LogP contribution in [-0.4, -0.2) is 28.8 Å². The van der Waals surface area contributed by atoms with Gasteiger partial charge in [0, 0.05) is 18.1 Å². The van der Waals surface area contributed by atoms with Crippen LogP contribution in [0.5, 0.6) is 5.75 Å². The highest BCUT2D eigenvalue weighted by Crippen LogP contribution is 2.25. The molecule has 0 bridgehead atoms. The second-order valence-corrected chi connectivity index (χ2v) is 5.50. The first-order valence-electron chi connectivity index (χ1n) is 7.84. The molecule has 0 aliphatic heterocycles. The van der Waals surface area contributed by atoms with E-state index in [1.807, 2.05) is 6.07 Å². The molecule has 0 saturated heterocycles. The Kier molecular flexibility index (Phi) is 4.81. The zero-order valence-electron chi connectivity index (χ0n) is 13.7. The molecule has 6 nitrogen and oxygen atoms in total. The highest BCUT2D eigenvalue weighted by atomic mass is 16.5. The van der Waals surface area contributed by atoms with E-state index >= 15 is 0 Å². The number of rotatable bonds is 5. The van der Waals surface area contributed by atoms with Gasteiger partial charge in [0.1, 0.15) is 17.9 Å². The standard InChI is InChI=1S/C19H18N2O4/c1-21-16-8-5-9-17(25-11-10-22)14(16)12-15(19(21)24)18(23)20-13-6-3-2-4-7-13/h2-9,12,22H,10-11H2,1H3,(H,20,23). The van der Waals surface area contributed by atoms with E-state index in [0.29, 0.717) is 22.3 Å². The van der Waals surface area contributed by atoms with Crippen LogP contribution < -0.4 is 15.6 Å². The van der Waals surface area contributed by atoms with Gasteiger partial charge in [-0.15, -0.1) is 0 Å². The van der Waals surface area contributed by atoms with E-state index in [1.54, 1.807) is 49.5 Å². The Bertz CT molecular complexity index is 964. The SMILES string of the molecule is Cn1c(=O)c(C(=O)Nc2ccccc2)cc2c(OCCO)cccc21. The van der Waals surface area contributed by atoms with Crippen LogP contribution >= 0.6 is 0 Å². The Balaban J connectivity index is 2.07. The number of aromatic nitrogens is 1. The second kappa shape index (κ2) is 7.19. The maximum absolute atomic E-state index is 12.6. The van der Waals surface area contributed by atoms with Crippen molar-refractivity contribution >= 4 is 22.5 Å². The molecule has 3 rings (SSSR count). The van der Waals surface area contributed by atoms with Crippen LogP contribution in [0.25, 0.3) is 10.9 Å². The molecule has 25 heavy (non-hydrogen) atoms. The number of carbonyl (C=O) groups excluding carboxylic acids is 1. The number of aliphatic hydroxyl groups is 1. The maximum atomic E-state index is 12.6. The molecule has 2 N–H and O–H groups in total. The Morgan fingerprint density at radius 3 is 2.64 bits per heavy atom. The van der Waals surface area contributed by atoms with Crippen LogP contribution in [-0.2, 0) is 7.05 Å². The largest absolute Gasteiger partial charge is 0.490 e. The molecule has 0 unspecified atom stereocenters. The summed E-state index contributed by atoms with van der Waals surface area (Å²) >= 11 is 0. The third kappa shape index (κ3) is 3.39. The Labute approximate surface area is 144 Å². The minimum Gasteiger partial charge on any atom is -0.490 e. The maximum Gasteiger partial charge on any atom is 0.263 e. The van der Waals surface area contributed by atoms with Crippen molar-refractivity contribution in [3.05, 3.63) is 70.5 Å². The first-order valence-corrected chi connectivity index (χ1v) is 7.84. The van der Waals surface area contributed by atoms with Crippen molar-refractivity contribution < 1.29 is 14.6 Å². The minimum absolute atomic E-state index is 0.0268. The number of hydrogen-bond acceptors (Lipinski definition) is 4. The summed E-state index contributed by atoms with van der Waals surface area (Å²) < 4.78 is 6.94. The van der Waals surface area contributed by atoms with Gasteiger partial charge in [-0.05, 0) is 30.3 Å². The minimum atomic E-state index is -0.481. The third-order valence-corrected chi connectivity index (χ3v) is 3.85. The highest BCUT2D eigenvalue weighted by Gasteiger charge is 2.16. The van der Waals surface area contributed by atoms with E-state index in [-0.39, 0.29) is 24.3 Å². The summed E-state index contributed by atoms with van der Waals surface area (Å²) in [4.78, 5) is 25.1. The average Bonchev–Trinajstić information content (AvgIpc) is 2.63. The molecule has 6 heteroatoms. The molecule has 3 aromatic rings. The van der Waals surface area contributed by atoms with Crippen molar-refractivity contribution in [1.82, 2.24) is 4.57 Å². The first kappa shape index (κ1) is 16.7. The van der Waals surface area contributed by atoms with Gasteiger partial charge in [0.2, 0.25) is 0 Å². The topological polar surface area (TPSA) is 80.6 Å². The Morgan fingerprint density at radius 2 is 1.92 bits per heavy atom. The molecular formula is C19H18N2O4. The molecule has 128 valence electrons. The van der Waals surface area contributed by atoms with Gasteiger partial charge in [-0.3, -0.25) is 9.59 Å². The summed E-state index contributed by atoms with van der Waals surface area (Å²) in [7, 11) is 1.61. The van der Waals surface area contributed by atoms with Crippen molar-refractivity contribution in [3.63, 3.8) is 0 Å².